The molecular weight excluding hydrogens is 145 g/mol. The molecule has 0 unspecified atom stereocenters. The van der Waals surface area contributed by atoms with Gasteiger partial charge in [-0.2, -0.15) is 0 Å². The van der Waals surface area contributed by atoms with E-state index in [4.69, 9.17) is 10.8 Å². The molecule has 0 aromatic heterocycles. The van der Waals surface area contributed by atoms with Crippen LogP contribution in [0.5, 0.6) is 0 Å². The first-order valence-electron chi connectivity index (χ1n) is 2.55. The highest BCUT2D eigenvalue weighted by molar-refractivity contribution is 5.85. The Labute approximate surface area is 60.7 Å². The van der Waals surface area contributed by atoms with Crippen molar-refractivity contribution in [3.63, 3.8) is 0 Å². The van der Waals surface area contributed by atoms with E-state index in [1.165, 1.54) is 13.8 Å². The lowest BCUT2D eigenvalue weighted by atomic mass is 10.0. The topological polar surface area (TPSA) is 46.2 Å². The summed E-state index contributed by atoms with van der Waals surface area (Å²) in [5, 5.41) is 8.83. The molecule has 0 rings (SSSR count). The van der Waals surface area contributed by atoms with E-state index in [2.05, 4.69) is 0 Å². The first kappa shape index (κ1) is 11.9. The molecule has 0 radical (unpaired) electrons. The summed E-state index contributed by atoms with van der Waals surface area (Å²) in [4.78, 5) is 0. The summed E-state index contributed by atoms with van der Waals surface area (Å²) in [6, 6.07) is 0. The van der Waals surface area contributed by atoms with Crippen LogP contribution in [0.1, 0.15) is 13.8 Å². The third-order valence-corrected chi connectivity index (χ3v) is 0.973. The van der Waals surface area contributed by atoms with E-state index in [-0.39, 0.29) is 19.0 Å². The lowest BCUT2D eigenvalue weighted by Crippen LogP contribution is -2.37. The molecule has 4 heteroatoms. The summed E-state index contributed by atoms with van der Waals surface area (Å²) in [6.45, 7) is 2.67. The third kappa shape index (κ3) is 4.63. The first-order valence-corrected chi connectivity index (χ1v) is 2.55. The molecule has 0 saturated carbocycles. The van der Waals surface area contributed by atoms with Gasteiger partial charge >= 0.3 is 0 Å². The van der Waals surface area contributed by atoms with Crippen LogP contribution in [-0.4, -0.2) is 23.4 Å². The van der Waals surface area contributed by atoms with Gasteiger partial charge in [-0.05, 0) is 13.8 Å². The highest BCUT2D eigenvalue weighted by Gasteiger charge is 2.24. The molecule has 0 aromatic carbocycles. The lowest BCUT2D eigenvalue weighted by Gasteiger charge is -2.20. The van der Waals surface area contributed by atoms with Gasteiger partial charge < -0.3 is 10.8 Å². The van der Waals surface area contributed by atoms with Gasteiger partial charge in [-0.1, -0.05) is 0 Å². The van der Waals surface area contributed by atoms with Gasteiger partial charge in [0, 0.05) is 6.54 Å². The van der Waals surface area contributed by atoms with Crippen LogP contribution in [-0.2, 0) is 0 Å². The zero-order chi connectivity index (χ0) is 6.78. The van der Waals surface area contributed by atoms with E-state index in [1.807, 2.05) is 0 Å². The molecule has 0 amide bonds. The second-order valence-corrected chi connectivity index (χ2v) is 2.36. The predicted octanol–water partition coefficient (Wildman–Crippen LogP) is 0.476. The standard InChI is InChI=1S/C5H12FNO.ClH/c1-5(2,8)4(6)3-7;/h4,8H,3,7H2,1-2H3;1H/t4-;/m0./s1. The van der Waals surface area contributed by atoms with E-state index in [1.54, 1.807) is 0 Å². The number of alkyl halides is 1. The van der Waals surface area contributed by atoms with Crippen LogP contribution >= 0.6 is 12.4 Å². The maximum absolute atomic E-state index is 12.3. The van der Waals surface area contributed by atoms with Gasteiger partial charge in [-0.3, -0.25) is 0 Å². The fourth-order valence-electron chi connectivity index (χ4n) is 0.288. The average molecular weight is 158 g/mol. The van der Waals surface area contributed by atoms with Crippen LogP contribution in [0.15, 0.2) is 0 Å². The van der Waals surface area contributed by atoms with Gasteiger partial charge in [0.25, 0.3) is 0 Å². The highest BCUT2D eigenvalue weighted by Crippen LogP contribution is 2.09. The van der Waals surface area contributed by atoms with E-state index >= 15 is 0 Å². The Morgan fingerprint density at radius 3 is 2.00 bits per heavy atom. The number of aliphatic hydroxyl groups is 1. The first-order chi connectivity index (χ1) is 3.48. The van der Waals surface area contributed by atoms with Crippen molar-refractivity contribution < 1.29 is 9.50 Å². The molecule has 0 bridgehead atoms. The van der Waals surface area contributed by atoms with E-state index in [0.717, 1.165) is 0 Å². The molecule has 3 N–H and O–H groups in total. The van der Waals surface area contributed by atoms with Gasteiger partial charge in [0.05, 0.1) is 5.60 Å². The monoisotopic (exact) mass is 157 g/mol. The van der Waals surface area contributed by atoms with Gasteiger partial charge in [0.15, 0.2) is 0 Å². The Morgan fingerprint density at radius 1 is 1.67 bits per heavy atom. The fourth-order valence-corrected chi connectivity index (χ4v) is 0.288. The Kier molecular flexibility index (Phi) is 5.33. The molecule has 0 aromatic rings. The van der Waals surface area contributed by atoms with Crippen LogP contribution in [0.4, 0.5) is 4.39 Å². The molecule has 2 nitrogen and oxygen atoms in total. The van der Waals surface area contributed by atoms with Gasteiger partial charge in [0.1, 0.15) is 6.17 Å². The van der Waals surface area contributed by atoms with Crippen molar-refractivity contribution in [1.29, 1.82) is 0 Å². The molecule has 0 aliphatic rings. The van der Waals surface area contributed by atoms with Crippen LogP contribution in [0.2, 0.25) is 0 Å². The molecule has 0 aliphatic carbocycles. The van der Waals surface area contributed by atoms with Crippen LogP contribution in [0.25, 0.3) is 0 Å². The molecule has 9 heavy (non-hydrogen) atoms. The molecular formula is C5H13ClFNO. The van der Waals surface area contributed by atoms with E-state index in [0.29, 0.717) is 0 Å². The highest BCUT2D eigenvalue weighted by atomic mass is 35.5. The number of hydrogen-bond donors (Lipinski definition) is 2. The minimum Gasteiger partial charge on any atom is -0.387 e. The smallest absolute Gasteiger partial charge is 0.140 e. The molecule has 0 saturated heterocycles. The van der Waals surface area contributed by atoms with Crippen molar-refractivity contribution in [3.05, 3.63) is 0 Å². The van der Waals surface area contributed by atoms with Crippen LogP contribution in [0, 0.1) is 0 Å². The molecule has 0 heterocycles. The number of hydrogen-bond acceptors (Lipinski definition) is 2. The molecule has 0 fully saturated rings. The molecule has 1 atom stereocenters. The summed E-state index contributed by atoms with van der Waals surface area (Å²) in [7, 11) is 0. The van der Waals surface area contributed by atoms with Gasteiger partial charge in [0.2, 0.25) is 0 Å². The largest absolute Gasteiger partial charge is 0.387 e. The Hall–Kier alpha value is 0.140. The summed E-state index contributed by atoms with van der Waals surface area (Å²) < 4.78 is 12.3. The SMILES string of the molecule is CC(C)(O)[C@@H](F)CN.Cl. The summed E-state index contributed by atoms with van der Waals surface area (Å²) in [6.07, 6.45) is -1.32. The zero-order valence-electron chi connectivity index (χ0n) is 5.60. The van der Waals surface area contributed by atoms with Crippen molar-refractivity contribution in [2.24, 2.45) is 5.73 Å². The van der Waals surface area contributed by atoms with Crippen molar-refractivity contribution in [2.75, 3.05) is 6.54 Å². The fraction of sp³-hybridized carbons (Fsp3) is 1.00. The quantitative estimate of drug-likeness (QED) is 0.613. The normalized spacial score (nSPS) is 14.3. The summed E-state index contributed by atoms with van der Waals surface area (Å²) >= 11 is 0. The van der Waals surface area contributed by atoms with Crippen molar-refractivity contribution >= 4 is 12.4 Å². The van der Waals surface area contributed by atoms with Crippen molar-refractivity contribution in [1.82, 2.24) is 0 Å². The van der Waals surface area contributed by atoms with Crippen LogP contribution < -0.4 is 5.73 Å². The average Bonchev–Trinajstić information content (AvgIpc) is 1.62. The Morgan fingerprint density at radius 2 is 2.00 bits per heavy atom. The summed E-state index contributed by atoms with van der Waals surface area (Å²) in [5.41, 5.74) is 3.64. The Bertz CT molecular complexity index is 73.8. The maximum atomic E-state index is 12.3. The summed E-state index contributed by atoms with van der Waals surface area (Å²) in [5.74, 6) is 0. The Balaban J connectivity index is 0. The van der Waals surface area contributed by atoms with Crippen LogP contribution in [0.3, 0.4) is 0 Å². The van der Waals surface area contributed by atoms with Crippen molar-refractivity contribution in [2.45, 2.75) is 25.6 Å². The number of rotatable bonds is 2. The zero-order valence-corrected chi connectivity index (χ0v) is 6.41. The minimum atomic E-state index is -1.32. The minimum absolute atomic E-state index is 0. The van der Waals surface area contributed by atoms with Gasteiger partial charge in [-0.15, -0.1) is 12.4 Å². The molecule has 0 spiro atoms. The third-order valence-electron chi connectivity index (χ3n) is 0.973. The van der Waals surface area contributed by atoms with E-state index in [9.17, 15) is 4.39 Å². The number of halogens is 2. The van der Waals surface area contributed by atoms with Gasteiger partial charge in [-0.25, -0.2) is 4.39 Å². The van der Waals surface area contributed by atoms with E-state index < -0.39 is 11.8 Å². The maximum Gasteiger partial charge on any atom is 0.140 e. The molecule has 58 valence electrons. The second kappa shape index (κ2) is 4.04. The number of nitrogens with two attached hydrogens (primary N) is 1. The predicted molar refractivity (Wildman–Crippen MR) is 37.5 cm³/mol. The second-order valence-electron chi connectivity index (χ2n) is 2.36. The van der Waals surface area contributed by atoms with Crippen molar-refractivity contribution in [3.8, 4) is 0 Å². The molecule has 0 aliphatic heterocycles. The lowest BCUT2D eigenvalue weighted by molar-refractivity contribution is 0.00143.